The molecular weight excluding hydrogens is 336 g/mol. The lowest BCUT2D eigenvalue weighted by Crippen LogP contribution is -2.07. The highest BCUT2D eigenvalue weighted by molar-refractivity contribution is 7.98. The molecule has 3 rings (SSSR count). The van der Waals surface area contributed by atoms with E-state index in [1.54, 1.807) is 10.7 Å². The Morgan fingerprint density at radius 1 is 1.22 bits per heavy atom. The van der Waals surface area contributed by atoms with Gasteiger partial charge in [-0.15, -0.1) is 15.3 Å². The van der Waals surface area contributed by atoms with Crippen molar-refractivity contribution in [3.8, 4) is 11.5 Å². The molecule has 7 nitrogen and oxygen atoms in total. The number of aromatic nitrogens is 6. The van der Waals surface area contributed by atoms with Gasteiger partial charge in [-0.25, -0.2) is 4.68 Å². The lowest BCUT2D eigenvalue weighted by Gasteiger charge is -2.05. The standard InChI is InChI=1S/C14H15ClN6OS/c1-9(2)7-21-14(18-19-20-21)23-8-12-16-17-13(22-12)10-5-3-4-6-11(10)15/h3-6,9H,7-8H2,1-2H3. The Hall–Kier alpha value is -1.93. The van der Waals surface area contributed by atoms with Crippen LogP contribution in [0.25, 0.3) is 11.5 Å². The zero-order valence-corrected chi connectivity index (χ0v) is 14.3. The molecule has 0 spiro atoms. The lowest BCUT2D eigenvalue weighted by atomic mass is 10.2. The molecule has 23 heavy (non-hydrogen) atoms. The first-order valence-corrected chi connectivity index (χ1v) is 8.46. The topological polar surface area (TPSA) is 82.5 Å². The molecule has 0 N–H and O–H groups in total. The van der Waals surface area contributed by atoms with Crippen molar-refractivity contribution in [2.75, 3.05) is 0 Å². The van der Waals surface area contributed by atoms with Crippen LogP contribution in [0.4, 0.5) is 0 Å². The number of halogens is 1. The Kier molecular flexibility index (Phi) is 4.92. The van der Waals surface area contributed by atoms with Gasteiger partial charge in [-0.05, 0) is 28.5 Å². The molecule has 0 bridgehead atoms. The first-order valence-electron chi connectivity index (χ1n) is 7.09. The molecular formula is C14H15ClN6OS. The molecule has 0 aliphatic rings. The maximum atomic E-state index is 6.13. The summed E-state index contributed by atoms with van der Waals surface area (Å²) in [6.07, 6.45) is 0. The number of benzene rings is 1. The molecule has 0 radical (unpaired) electrons. The second kappa shape index (κ2) is 7.10. The number of hydrogen-bond donors (Lipinski definition) is 0. The summed E-state index contributed by atoms with van der Waals surface area (Å²) in [4.78, 5) is 0. The van der Waals surface area contributed by atoms with Crippen LogP contribution in [0.5, 0.6) is 0 Å². The van der Waals surface area contributed by atoms with E-state index in [0.29, 0.717) is 28.5 Å². The van der Waals surface area contributed by atoms with Crippen LogP contribution in [0.2, 0.25) is 5.02 Å². The third-order valence-electron chi connectivity index (χ3n) is 2.93. The average molecular weight is 351 g/mol. The van der Waals surface area contributed by atoms with Gasteiger partial charge < -0.3 is 4.42 Å². The second-order valence-corrected chi connectivity index (χ2v) is 6.66. The molecule has 2 aromatic heterocycles. The fourth-order valence-electron chi connectivity index (χ4n) is 1.94. The predicted octanol–water partition coefficient (Wildman–Crippen LogP) is 3.32. The molecule has 0 saturated carbocycles. The minimum absolute atomic E-state index is 0.410. The fourth-order valence-corrected chi connectivity index (χ4v) is 2.88. The first-order chi connectivity index (χ1) is 11.1. The zero-order valence-electron chi connectivity index (χ0n) is 12.7. The van der Waals surface area contributed by atoms with E-state index < -0.39 is 0 Å². The lowest BCUT2D eigenvalue weighted by molar-refractivity contribution is 0.445. The van der Waals surface area contributed by atoms with Crippen molar-refractivity contribution in [1.29, 1.82) is 0 Å². The van der Waals surface area contributed by atoms with Crippen molar-refractivity contribution in [1.82, 2.24) is 30.4 Å². The molecule has 3 aromatic rings. The molecule has 1 aromatic carbocycles. The molecule has 0 atom stereocenters. The van der Waals surface area contributed by atoms with E-state index in [1.807, 2.05) is 18.2 Å². The van der Waals surface area contributed by atoms with Crippen molar-refractivity contribution in [3.63, 3.8) is 0 Å². The zero-order chi connectivity index (χ0) is 16.2. The number of tetrazole rings is 1. The van der Waals surface area contributed by atoms with Gasteiger partial charge in [-0.1, -0.05) is 49.3 Å². The minimum atomic E-state index is 0.410. The largest absolute Gasteiger partial charge is 0.420 e. The predicted molar refractivity (Wildman–Crippen MR) is 87.0 cm³/mol. The van der Waals surface area contributed by atoms with E-state index in [1.165, 1.54) is 11.8 Å². The van der Waals surface area contributed by atoms with Gasteiger partial charge in [0.25, 0.3) is 0 Å². The Bertz CT molecular complexity index is 787. The third-order valence-corrected chi connectivity index (χ3v) is 4.20. The highest BCUT2D eigenvalue weighted by atomic mass is 35.5. The van der Waals surface area contributed by atoms with Crippen molar-refractivity contribution in [3.05, 3.63) is 35.2 Å². The van der Waals surface area contributed by atoms with Crippen LogP contribution in [-0.4, -0.2) is 30.4 Å². The normalized spacial score (nSPS) is 11.3. The van der Waals surface area contributed by atoms with Gasteiger partial charge in [0.05, 0.1) is 16.3 Å². The maximum absolute atomic E-state index is 6.13. The molecule has 9 heteroatoms. The first kappa shape index (κ1) is 15.9. The monoisotopic (exact) mass is 350 g/mol. The van der Waals surface area contributed by atoms with E-state index in [9.17, 15) is 0 Å². The molecule has 0 saturated heterocycles. The molecule has 0 amide bonds. The van der Waals surface area contributed by atoms with Crippen molar-refractivity contribution < 1.29 is 4.42 Å². The Morgan fingerprint density at radius 2 is 2.04 bits per heavy atom. The van der Waals surface area contributed by atoms with Gasteiger partial charge in [0.2, 0.25) is 16.9 Å². The summed E-state index contributed by atoms with van der Waals surface area (Å²) in [5, 5.41) is 21.1. The van der Waals surface area contributed by atoms with Crippen LogP contribution in [0.15, 0.2) is 33.8 Å². The highest BCUT2D eigenvalue weighted by Crippen LogP contribution is 2.27. The van der Waals surface area contributed by atoms with Crippen LogP contribution < -0.4 is 0 Å². The summed E-state index contributed by atoms with van der Waals surface area (Å²) in [5.74, 6) is 1.88. The fraction of sp³-hybridized carbons (Fsp3) is 0.357. The summed E-state index contributed by atoms with van der Waals surface area (Å²) in [6.45, 7) is 5.00. The summed E-state index contributed by atoms with van der Waals surface area (Å²) in [5.41, 5.74) is 0.725. The van der Waals surface area contributed by atoms with Gasteiger partial charge in [0.15, 0.2) is 0 Å². The molecule has 0 unspecified atom stereocenters. The van der Waals surface area contributed by atoms with E-state index in [4.69, 9.17) is 16.0 Å². The van der Waals surface area contributed by atoms with Crippen LogP contribution in [0.3, 0.4) is 0 Å². The Labute approximate surface area is 142 Å². The SMILES string of the molecule is CC(C)Cn1nnnc1SCc1nnc(-c2ccccc2Cl)o1. The molecule has 0 aliphatic heterocycles. The molecule has 0 fully saturated rings. The smallest absolute Gasteiger partial charge is 0.249 e. The third kappa shape index (κ3) is 3.89. The number of nitrogens with zero attached hydrogens (tertiary/aromatic N) is 6. The van der Waals surface area contributed by atoms with Gasteiger partial charge in [-0.2, -0.15) is 0 Å². The van der Waals surface area contributed by atoms with Crippen LogP contribution in [-0.2, 0) is 12.3 Å². The second-order valence-electron chi connectivity index (χ2n) is 5.31. The van der Waals surface area contributed by atoms with E-state index in [-0.39, 0.29) is 0 Å². The summed E-state index contributed by atoms with van der Waals surface area (Å²) >= 11 is 7.59. The van der Waals surface area contributed by atoms with Gasteiger partial charge in [0, 0.05) is 6.54 Å². The van der Waals surface area contributed by atoms with Gasteiger partial charge in [-0.3, -0.25) is 0 Å². The quantitative estimate of drug-likeness (QED) is 0.630. The van der Waals surface area contributed by atoms with Gasteiger partial charge >= 0.3 is 0 Å². The molecule has 2 heterocycles. The molecule has 120 valence electrons. The van der Waals surface area contributed by atoms with E-state index in [0.717, 1.165) is 17.3 Å². The van der Waals surface area contributed by atoms with E-state index in [2.05, 4.69) is 39.6 Å². The average Bonchev–Trinajstić information content (AvgIpc) is 3.14. The van der Waals surface area contributed by atoms with Crippen LogP contribution >= 0.6 is 23.4 Å². The maximum Gasteiger partial charge on any atom is 0.249 e. The van der Waals surface area contributed by atoms with E-state index >= 15 is 0 Å². The Morgan fingerprint density at radius 3 is 2.83 bits per heavy atom. The number of thioether (sulfide) groups is 1. The van der Waals surface area contributed by atoms with Gasteiger partial charge in [0.1, 0.15) is 0 Å². The minimum Gasteiger partial charge on any atom is -0.420 e. The highest BCUT2D eigenvalue weighted by Gasteiger charge is 2.14. The molecule has 0 aliphatic carbocycles. The Balaban J connectivity index is 1.69. The number of hydrogen-bond acceptors (Lipinski definition) is 7. The summed E-state index contributed by atoms with van der Waals surface area (Å²) in [6, 6.07) is 7.36. The van der Waals surface area contributed by atoms with Crippen molar-refractivity contribution in [2.45, 2.75) is 31.3 Å². The summed E-state index contributed by atoms with van der Waals surface area (Å²) < 4.78 is 7.44. The van der Waals surface area contributed by atoms with Crippen LogP contribution in [0, 0.1) is 5.92 Å². The number of rotatable bonds is 6. The van der Waals surface area contributed by atoms with Crippen LogP contribution in [0.1, 0.15) is 19.7 Å². The van der Waals surface area contributed by atoms with Crippen molar-refractivity contribution >= 4 is 23.4 Å². The summed E-state index contributed by atoms with van der Waals surface area (Å²) in [7, 11) is 0. The van der Waals surface area contributed by atoms with Crippen molar-refractivity contribution in [2.24, 2.45) is 5.92 Å².